The summed E-state index contributed by atoms with van der Waals surface area (Å²) >= 11 is 0. The summed E-state index contributed by atoms with van der Waals surface area (Å²) in [6.45, 7) is 4.32. The molecule has 0 bridgehead atoms. The van der Waals surface area contributed by atoms with E-state index in [-0.39, 0.29) is 5.91 Å². The van der Waals surface area contributed by atoms with Crippen LogP contribution in [-0.2, 0) is 14.6 Å². The van der Waals surface area contributed by atoms with Crippen LogP contribution in [0, 0.1) is 5.82 Å². The summed E-state index contributed by atoms with van der Waals surface area (Å²) in [6.07, 6.45) is 0. The Kier molecular flexibility index (Phi) is 5.58. The molecule has 0 radical (unpaired) electrons. The van der Waals surface area contributed by atoms with Gasteiger partial charge in [0.25, 0.3) is 5.91 Å². The Morgan fingerprint density at radius 1 is 1.04 bits per heavy atom. The first-order valence-corrected chi connectivity index (χ1v) is 9.46. The Morgan fingerprint density at radius 2 is 1.54 bits per heavy atom. The largest absolute Gasteiger partial charge is 0.338 e. The van der Waals surface area contributed by atoms with E-state index >= 15 is 0 Å². The lowest BCUT2D eigenvalue weighted by atomic mass is 10.2. The molecular weight excluding hydrogens is 335 g/mol. The Morgan fingerprint density at radius 3 is 2.04 bits per heavy atom. The first-order valence-electron chi connectivity index (χ1n) is 7.75. The Balaban J connectivity index is 1.92. The summed E-state index contributed by atoms with van der Waals surface area (Å²) in [6, 6.07) is 5.29. The molecule has 0 unspecified atom stereocenters. The van der Waals surface area contributed by atoms with Crippen LogP contribution in [0.4, 0.5) is 4.39 Å². The summed E-state index contributed by atoms with van der Waals surface area (Å²) in [5.74, 6) is -1.57. The van der Waals surface area contributed by atoms with Gasteiger partial charge in [-0.1, -0.05) is 0 Å². The van der Waals surface area contributed by atoms with Crippen molar-refractivity contribution in [3.63, 3.8) is 0 Å². The van der Waals surface area contributed by atoms with Gasteiger partial charge in [0.15, 0.2) is 9.84 Å². The highest BCUT2D eigenvalue weighted by Crippen LogP contribution is 2.11. The number of amides is 2. The highest BCUT2D eigenvalue weighted by Gasteiger charge is 2.28. The maximum atomic E-state index is 12.9. The van der Waals surface area contributed by atoms with E-state index in [2.05, 4.69) is 0 Å². The van der Waals surface area contributed by atoms with Gasteiger partial charge in [0.1, 0.15) is 11.6 Å². The van der Waals surface area contributed by atoms with Gasteiger partial charge in [0.05, 0.1) is 5.25 Å². The van der Waals surface area contributed by atoms with Crippen LogP contribution in [-0.4, -0.2) is 67.2 Å². The number of piperazine rings is 1. The molecule has 0 aromatic heterocycles. The summed E-state index contributed by atoms with van der Waals surface area (Å²) in [7, 11) is -3.43. The van der Waals surface area contributed by atoms with E-state index < -0.39 is 32.6 Å². The molecule has 1 heterocycles. The zero-order valence-corrected chi connectivity index (χ0v) is 14.6. The molecular formula is C16H21FN2O4S. The van der Waals surface area contributed by atoms with Gasteiger partial charge in [-0.15, -0.1) is 0 Å². The molecule has 1 saturated heterocycles. The van der Waals surface area contributed by atoms with Gasteiger partial charge in [-0.2, -0.15) is 0 Å². The predicted octanol–water partition coefficient (Wildman–Crippen LogP) is 0.933. The topological polar surface area (TPSA) is 74.8 Å². The SMILES string of the molecule is CC(C)S(=O)(=O)CC(=O)N1CCN(C(=O)c2ccc(F)cc2)CC1. The standard InChI is InChI=1S/C16H21FN2O4S/c1-12(2)24(22,23)11-15(20)18-7-9-19(10-8-18)16(21)13-3-5-14(17)6-4-13/h3-6,12H,7-11H2,1-2H3. The van der Waals surface area contributed by atoms with Crippen LogP contribution in [0.15, 0.2) is 24.3 Å². The Bertz CT molecular complexity index is 708. The van der Waals surface area contributed by atoms with Crippen molar-refractivity contribution in [3.05, 3.63) is 35.6 Å². The molecule has 132 valence electrons. The van der Waals surface area contributed by atoms with Crippen molar-refractivity contribution < 1.29 is 22.4 Å². The lowest BCUT2D eigenvalue weighted by molar-refractivity contribution is -0.129. The van der Waals surface area contributed by atoms with Crippen LogP contribution in [0.2, 0.25) is 0 Å². The van der Waals surface area contributed by atoms with Crippen molar-refractivity contribution in [2.24, 2.45) is 0 Å². The second-order valence-corrected chi connectivity index (χ2v) is 8.59. The highest BCUT2D eigenvalue weighted by molar-refractivity contribution is 7.92. The molecule has 0 atom stereocenters. The number of carbonyl (C=O) groups is 2. The van der Waals surface area contributed by atoms with E-state index in [1.165, 1.54) is 29.2 Å². The average molecular weight is 356 g/mol. The molecule has 24 heavy (non-hydrogen) atoms. The fourth-order valence-electron chi connectivity index (χ4n) is 2.36. The van der Waals surface area contributed by atoms with Crippen molar-refractivity contribution in [1.29, 1.82) is 0 Å². The number of halogens is 1. The van der Waals surface area contributed by atoms with E-state index in [4.69, 9.17) is 0 Å². The van der Waals surface area contributed by atoms with E-state index in [0.717, 1.165) is 0 Å². The van der Waals surface area contributed by atoms with Crippen molar-refractivity contribution in [2.75, 3.05) is 31.9 Å². The molecule has 1 aromatic rings. The molecule has 0 N–H and O–H groups in total. The minimum atomic E-state index is -3.43. The van der Waals surface area contributed by atoms with Gasteiger partial charge in [-0.05, 0) is 38.1 Å². The van der Waals surface area contributed by atoms with Gasteiger partial charge < -0.3 is 9.80 Å². The number of carbonyl (C=O) groups excluding carboxylic acids is 2. The normalized spacial score (nSPS) is 15.7. The van der Waals surface area contributed by atoms with Crippen LogP contribution >= 0.6 is 0 Å². The Labute approximate surface area is 141 Å². The third-order valence-corrected chi connectivity index (χ3v) is 6.14. The molecule has 8 heteroatoms. The summed E-state index contributed by atoms with van der Waals surface area (Å²) in [5, 5.41) is -0.595. The van der Waals surface area contributed by atoms with Crippen LogP contribution < -0.4 is 0 Å². The lowest BCUT2D eigenvalue weighted by Crippen LogP contribution is -2.52. The van der Waals surface area contributed by atoms with Gasteiger partial charge in [0, 0.05) is 31.7 Å². The van der Waals surface area contributed by atoms with Gasteiger partial charge in [-0.3, -0.25) is 9.59 Å². The zero-order chi connectivity index (χ0) is 17.9. The highest BCUT2D eigenvalue weighted by atomic mass is 32.2. The van der Waals surface area contributed by atoms with Crippen molar-refractivity contribution in [1.82, 2.24) is 9.80 Å². The molecule has 2 amide bonds. The number of hydrogen-bond acceptors (Lipinski definition) is 4. The number of nitrogens with zero attached hydrogens (tertiary/aromatic N) is 2. The number of rotatable bonds is 4. The zero-order valence-electron chi connectivity index (χ0n) is 13.7. The molecule has 0 aliphatic carbocycles. The molecule has 2 rings (SSSR count). The van der Waals surface area contributed by atoms with Crippen LogP contribution in [0.25, 0.3) is 0 Å². The minimum Gasteiger partial charge on any atom is -0.338 e. The summed E-state index contributed by atoms with van der Waals surface area (Å²) in [4.78, 5) is 27.5. The quantitative estimate of drug-likeness (QED) is 0.804. The fourth-order valence-corrected chi connectivity index (χ4v) is 3.22. The molecule has 1 fully saturated rings. The van der Waals surface area contributed by atoms with E-state index in [9.17, 15) is 22.4 Å². The second-order valence-electron chi connectivity index (χ2n) is 6.04. The molecule has 6 nitrogen and oxygen atoms in total. The van der Waals surface area contributed by atoms with Gasteiger partial charge in [-0.25, -0.2) is 12.8 Å². The van der Waals surface area contributed by atoms with E-state index in [1.54, 1.807) is 18.7 Å². The summed E-state index contributed by atoms with van der Waals surface area (Å²) < 4.78 is 36.6. The first-order chi connectivity index (χ1) is 11.2. The van der Waals surface area contributed by atoms with Gasteiger partial charge >= 0.3 is 0 Å². The van der Waals surface area contributed by atoms with E-state index in [1.807, 2.05) is 0 Å². The molecule has 1 aliphatic rings. The maximum absolute atomic E-state index is 12.9. The van der Waals surface area contributed by atoms with Crippen LogP contribution in [0.3, 0.4) is 0 Å². The third kappa shape index (κ3) is 4.31. The number of sulfone groups is 1. The second kappa shape index (κ2) is 7.29. The molecule has 1 aromatic carbocycles. The first kappa shape index (κ1) is 18.4. The number of benzene rings is 1. The predicted molar refractivity (Wildman–Crippen MR) is 87.8 cm³/mol. The summed E-state index contributed by atoms with van der Waals surface area (Å²) in [5.41, 5.74) is 0.388. The Hall–Kier alpha value is -1.96. The molecule has 0 saturated carbocycles. The maximum Gasteiger partial charge on any atom is 0.253 e. The monoisotopic (exact) mass is 356 g/mol. The number of hydrogen-bond donors (Lipinski definition) is 0. The lowest BCUT2D eigenvalue weighted by Gasteiger charge is -2.35. The van der Waals surface area contributed by atoms with Crippen LogP contribution in [0.1, 0.15) is 24.2 Å². The van der Waals surface area contributed by atoms with Crippen molar-refractivity contribution in [2.45, 2.75) is 19.1 Å². The van der Waals surface area contributed by atoms with Crippen molar-refractivity contribution >= 4 is 21.7 Å². The molecule has 0 spiro atoms. The van der Waals surface area contributed by atoms with Crippen LogP contribution in [0.5, 0.6) is 0 Å². The minimum absolute atomic E-state index is 0.225. The fraction of sp³-hybridized carbons (Fsp3) is 0.500. The molecule has 1 aliphatic heterocycles. The third-order valence-electron chi connectivity index (χ3n) is 4.05. The smallest absolute Gasteiger partial charge is 0.253 e. The average Bonchev–Trinajstić information content (AvgIpc) is 2.54. The van der Waals surface area contributed by atoms with Crippen molar-refractivity contribution in [3.8, 4) is 0 Å². The van der Waals surface area contributed by atoms with E-state index in [0.29, 0.717) is 31.7 Å². The van der Waals surface area contributed by atoms with Gasteiger partial charge in [0.2, 0.25) is 5.91 Å².